The molecule has 0 aliphatic heterocycles. The third-order valence-corrected chi connectivity index (χ3v) is 4.07. The highest BCUT2D eigenvalue weighted by atomic mass is 19.3. The number of nitro benzene ring substituents is 1. The Bertz CT molecular complexity index is 918. The van der Waals surface area contributed by atoms with Crippen molar-refractivity contribution in [2.24, 2.45) is 0 Å². The van der Waals surface area contributed by atoms with Gasteiger partial charge in [0.2, 0.25) is 0 Å². The van der Waals surface area contributed by atoms with Crippen molar-refractivity contribution in [3.8, 4) is 17.2 Å². The first-order valence-corrected chi connectivity index (χ1v) is 8.87. The number of hydrogen-bond acceptors (Lipinski definition) is 7. The van der Waals surface area contributed by atoms with Crippen molar-refractivity contribution >= 4 is 11.7 Å². The zero-order chi connectivity index (χ0) is 22.3. The molecule has 0 atom stereocenters. The number of ether oxygens (including phenoxy) is 4. The van der Waals surface area contributed by atoms with E-state index in [2.05, 4.69) is 4.74 Å². The quantitative estimate of drug-likeness (QED) is 0.317. The summed E-state index contributed by atoms with van der Waals surface area (Å²) < 4.78 is 44.8. The third-order valence-electron chi connectivity index (χ3n) is 4.07. The molecule has 2 rings (SSSR count). The summed E-state index contributed by atoms with van der Waals surface area (Å²) in [6.07, 6.45) is -0.0785. The summed E-state index contributed by atoms with van der Waals surface area (Å²) in [5.74, 6) is -0.624. The molecule has 30 heavy (non-hydrogen) atoms. The van der Waals surface area contributed by atoms with Gasteiger partial charge in [0.1, 0.15) is 12.4 Å². The van der Waals surface area contributed by atoms with Gasteiger partial charge < -0.3 is 18.9 Å². The standard InChI is InChI=1S/C20H21F2NO7/c1-12-4-5-13(2)16(8-12)28-7-6-19(24)29-11-14-9-17(27-3)18(30-20(21)22)10-15(14)23(25)26/h4-5,8-10,20H,6-7,11H2,1-3H3. The summed E-state index contributed by atoms with van der Waals surface area (Å²) >= 11 is 0. The van der Waals surface area contributed by atoms with Gasteiger partial charge >= 0.3 is 12.6 Å². The summed E-state index contributed by atoms with van der Waals surface area (Å²) in [6.45, 7) is 0.235. The van der Waals surface area contributed by atoms with Crippen LogP contribution in [0.4, 0.5) is 14.5 Å². The number of esters is 1. The number of rotatable bonds is 10. The van der Waals surface area contributed by atoms with Crippen LogP contribution in [0.25, 0.3) is 0 Å². The molecule has 0 N–H and O–H groups in total. The fraction of sp³-hybridized carbons (Fsp3) is 0.350. The maximum Gasteiger partial charge on any atom is 0.387 e. The van der Waals surface area contributed by atoms with E-state index in [1.54, 1.807) is 0 Å². The number of nitrogens with zero attached hydrogens (tertiary/aromatic N) is 1. The first-order valence-electron chi connectivity index (χ1n) is 8.87. The van der Waals surface area contributed by atoms with Crippen LogP contribution in [0.2, 0.25) is 0 Å². The Balaban J connectivity index is 2.00. The van der Waals surface area contributed by atoms with Gasteiger partial charge in [0.05, 0.1) is 36.7 Å². The zero-order valence-corrected chi connectivity index (χ0v) is 16.6. The second kappa shape index (κ2) is 10.4. The van der Waals surface area contributed by atoms with E-state index >= 15 is 0 Å². The highest BCUT2D eigenvalue weighted by molar-refractivity contribution is 5.69. The van der Waals surface area contributed by atoms with Crippen LogP contribution in [0, 0.1) is 24.0 Å². The van der Waals surface area contributed by atoms with E-state index in [9.17, 15) is 23.7 Å². The van der Waals surface area contributed by atoms with E-state index < -0.39 is 35.5 Å². The first kappa shape index (κ1) is 22.9. The summed E-state index contributed by atoms with van der Waals surface area (Å²) in [7, 11) is 1.19. The maximum absolute atomic E-state index is 12.5. The number of carbonyl (C=O) groups is 1. The molecule has 0 aliphatic carbocycles. The Hall–Kier alpha value is -3.43. The molecule has 0 bridgehead atoms. The second-order valence-corrected chi connectivity index (χ2v) is 6.30. The molecule has 162 valence electrons. The van der Waals surface area contributed by atoms with Crippen LogP contribution in [-0.4, -0.2) is 31.2 Å². The number of benzene rings is 2. The van der Waals surface area contributed by atoms with Crippen molar-refractivity contribution < 1.29 is 37.4 Å². The lowest BCUT2D eigenvalue weighted by molar-refractivity contribution is -0.386. The van der Waals surface area contributed by atoms with Gasteiger partial charge in [0.25, 0.3) is 5.69 Å². The molecule has 8 nitrogen and oxygen atoms in total. The Kier molecular flexibility index (Phi) is 7.90. The molecule has 0 amide bonds. The normalized spacial score (nSPS) is 10.6. The number of carbonyl (C=O) groups excluding carboxylic acids is 1. The average Bonchev–Trinajstić information content (AvgIpc) is 2.68. The molecule has 0 heterocycles. The molecule has 0 aromatic heterocycles. The number of methoxy groups -OCH3 is 1. The van der Waals surface area contributed by atoms with E-state index in [1.807, 2.05) is 32.0 Å². The van der Waals surface area contributed by atoms with Crippen LogP contribution < -0.4 is 14.2 Å². The highest BCUT2D eigenvalue weighted by Gasteiger charge is 2.22. The van der Waals surface area contributed by atoms with Gasteiger partial charge in [-0.25, -0.2) is 0 Å². The van der Waals surface area contributed by atoms with Gasteiger partial charge in [0.15, 0.2) is 11.5 Å². The van der Waals surface area contributed by atoms with Crippen molar-refractivity contribution in [3.05, 3.63) is 57.1 Å². The highest BCUT2D eigenvalue weighted by Crippen LogP contribution is 2.36. The Morgan fingerprint density at radius 3 is 2.50 bits per heavy atom. The van der Waals surface area contributed by atoms with Crippen molar-refractivity contribution in [2.75, 3.05) is 13.7 Å². The maximum atomic E-state index is 12.5. The van der Waals surface area contributed by atoms with E-state index in [0.29, 0.717) is 5.75 Å². The number of aryl methyl sites for hydroxylation is 2. The van der Waals surface area contributed by atoms with Gasteiger partial charge in [-0.15, -0.1) is 0 Å². The second-order valence-electron chi connectivity index (χ2n) is 6.30. The van der Waals surface area contributed by atoms with Crippen LogP contribution in [0.3, 0.4) is 0 Å². The van der Waals surface area contributed by atoms with Crippen molar-refractivity contribution in [3.63, 3.8) is 0 Å². The third kappa shape index (κ3) is 6.29. The summed E-state index contributed by atoms with van der Waals surface area (Å²) in [4.78, 5) is 22.4. The molecule has 0 saturated heterocycles. The van der Waals surface area contributed by atoms with Crippen LogP contribution in [0.1, 0.15) is 23.1 Å². The molecular weight excluding hydrogens is 404 g/mol. The van der Waals surface area contributed by atoms with Crippen molar-refractivity contribution in [1.82, 2.24) is 0 Å². The predicted molar refractivity (Wildman–Crippen MR) is 102 cm³/mol. The first-order chi connectivity index (χ1) is 14.2. The summed E-state index contributed by atoms with van der Waals surface area (Å²) in [5.41, 5.74) is 1.37. The Labute approximate surface area is 171 Å². The lowest BCUT2D eigenvalue weighted by atomic mass is 10.1. The Morgan fingerprint density at radius 1 is 1.13 bits per heavy atom. The summed E-state index contributed by atoms with van der Waals surface area (Å²) in [5, 5.41) is 11.3. The fourth-order valence-electron chi connectivity index (χ4n) is 2.56. The molecule has 0 saturated carbocycles. The summed E-state index contributed by atoms with van der Waals surface area (Å²) in [6, 6.07) is 7.61. The van der Waals surface area contributed by atoms with E-state index in [1.165, 1.54) is 7.11 Å². The molecular formula is C20H21F2NO7. The molecule has 2 aromatic carbocycles. The lowest BCUT2D eigenvalue weighted by Gasteiger charge is -2.13. The van der Waals surface area contributed by atoms with Crippen molar-refractivity contribution in [1.29, 1.82) is 0 Å². The number of hydrogen-bond donors (Lipinski definition) is 0. The van der Waals surface area contributed by atoms with Gasteiger partial charge in [-0.3, -0.25) is 14.9 Å². The molecule has 0 unspecified atom stereocenters. The molecule has 0 aliphatic rings. The molecule has 0 fully saturated rings. The Morgan fingerprint density at radius 2 is 1.87 bits per heavy atom. The predicted octanol–water partition coefficient (Wildman–Crippen LogP) is 4.33. The lowest BCUT2D eigenvalue weighted by Crippen LogP contribution is -2.11. The number of alkyl halides is 2. The zero-order valence-electron chi connectivity index (χ0n) is 16.6. The van der Waals surface area contributed by atoms with Crippen molar-refractivity contribution in [2.45, 2.75) is 33.5 Å². The van der Waals surface area contributed by atoms with Gasteiger partial charge in [-0.1, -0.05) is 12.1 Å². The molecule has 10 heteroatoms. The minimum absolute atomic E-state index is 0.0257. The van der Waals surface area contributed by atoms with Crippen LogP contribution in [0.5, 0.6) is 17.2 Å². The van der Waals surface area contributed by atoms with Crippen LogP contribution in [0.15, 0.2) is 30.3 Å². The minimum Gasteiger partial charge on any atom is -0.493 e. The molecule has 0 radical (unpaired) electrons. The number of halogens is 2. The number of nitro groups is 1. The average molecular weight is 425 g/mol. The van der Waals surface area contributed by atoms with Crippen LogP contribution in [-0.2, 0) is 16.1 Å². The monoisotopic (exact) mass is 425 g/mol. The fourth-order valence-corrected chi connectivity index (χ4v) is 2.56. The molecule has 0 spiro atoms. The smallest absolute Gasteiger partial charge is 0.387 e. The van der Waals surface area contributed by atoms with E-state index in [0.717, 1.165) is 23.3 Å². The topological polar surface area (TPSA) is 97.1 Å². The van der Waals surface area contributed by atoms with Gasteiger partial charge in [0, 0.05) is 0 Å². The van der Waals surface area contributed by atoms with E-state index in [4.69, 9.17) is 14.2 Å². The minimum atomic E-state index is -3.18. The molecule has 2 aromatic rings. The SMILES string of the molecule is COc1cc(COC(=O)CCOc2cc(C)ccc2C)c([N+](=O)[O-])cc1OC(F)F. The van der Waals surface area contributed by atoms with Gasteiger partial charge in [-0.2, -0.15) is 8.78 Å². The van der Waals surface area contributed by atoms with Gasteiger partial charge in [-0.05, 0) is 37.1 Å². The van der Waals surface area contributed by atoms with Crippen LogP contribution >= 0.6 is 0 Å². The van der Waals surface area contributed by atoms with E-state index in [-0.39, 0.29) is 24.3 Å². The largest absolute Gasteiger partial charge is 0.493 e.